The molecule has 1 aromatic carbocycles. The molecule has 2 aliphatic rings. The van der Waals surface area contributed by atoms with E-state index in [9.17, 15) is 9.18 Å². The maximum Gasteiger partial charge on any atom is 0.274 e. The number of fused-ring (bicyclic) bond motifs is 3. The summed E-state index contributed by atoms with van der Waals surface area (Å²) < 4.78 is 18.9. The van der Waals surface area contributed by atoms with Crippen LogP contribution in [0.3, 0.4) is 0 Å². The third-order valence-electron chi connectivity index (χ3n) is 5.04. The van der Waals surface area contributed by atoms with Crippen molar-refractivity contribution in [3.05, 3.63) is 53.6 Å². The third kappa shape index (κ3) is 3.37. The summed E-state index contributed by atoms with van der Waals surface area (Å²) in [7, 11) is 0. The highest BCUT2D eigenvalue weighted by Gasteiger charge is 2.42. The van der Waals surface area contributed by atoms with Gasteiger partial charge in [-0.15, -0.1) is 0 Å². The number of carbonyl (C=O) groups is 1. The van der Waals surface area contributed by atoms with Crippen LogP contribution in [0.15, 0.2) is 41.5 Å². The molecule has 8 heteroatoms. The number of halogens is 1. The van der Waals surface area contributed by atoms with Crippen LogP contribution in [0.2, 0.25) is 0 Å². The number of amidine groups is 1. The van der Waals surface area contributed by atoms with Gasteiger partial charge in [0.2, 0.25) is 0 Å². The molecule has 3 N–H and O–H groups in total. The lowest BCUT2D eigenvalue weighted by molar-refractivity contribution is 0.102. The number of benzene rings is 1. The second-order valence-corrected chi connectivity index (χ2v) is 7.81. The number of aliphatic imine (C=N–C) groups is 1. The van der Waals surface area contributed by atoms with Gasteiger partial charge in [0.1, 0.15) is 17.3 Å². The van der Waals surface area contributed by atoms with E-state index in [1.807, 2.05) is 12.1 Å². The van der Waals surface area contributed by atoms with Gasteiger partial charge in [0.15, 0.2) is 5.17 Å². The topological polar surface area (TPSA) is 89.6 Å². The first-order valence-corrected chi connectivity index (χ1v) is 9.62. The monoisotopic (exact) mass is 386 g/mol. The van der Waals surface area contributed by atoms with Gasteiger partial charge in [-0.25, -0.2) is 9.37 Å². The zero-order chi connectivity index (χ0) is 19.0. The molecule has 0 fully saturated rings. The van der Waals surface area contributed by atoms with Crippen LogP contribution < -0.4 is 15.8 Å². The maximum absolute atomic E-state index is 13.0. The fraction of sp³-hybridized carbons (Fsp3) is 0.316. The zero-order valence-corrected chi connectivity index (χ0v) is 15.6. The van der Waals surface area contributed by atoms with Crippen LogP contribution >= 0.6 is 11.8 Å². The highest BCUT2D eigenvalue weighted by molar-refractivity contribution is 8.13. The molecule has 2 aromatic rings. The number of rotatable bonds is 2. The molecule has 0 radical (unpaired) electrons. The zero-order valence-electron chi connectivity index (χ0n) is 14.7. The van der Waals surface area contributed by atoms with E-state index in [4.69, 9.17) is 15.5 Å². The van der Waals surface area contributed by atoms with Crippen molar-refractivity contribution < 1.29 is 13.9 Å². The SMILES string of the molecule is C[C@]12N=C(N)SC[C@H]1CCOc1ccc(NC(=O)c3ccc(F)cn3)cc12. The summed E-state index contributed by atoms with van der Waals surface area (Å²) in [5.74, 6) is 1.03. The second-order valence-electron chi connectivity index (χ2n) is 6.77. The minimum Gasteiger partial charge on any atom is -0.493 e. The number of hydrogen-bond donors (Lipinski definition) is 2. The van der Waals surface area contributed by atoms with Gasteiger partial charge in [-0.3, -0.25) is 9.79 Å². The summed E-state index contributed by atoms with van der Waals surface area (Å²) in [6.45, 7) is 2.68. The lowest BCUT2D eigenvalue weighted by Crippen LogP contribution is -2.37. The largest absolute Gasteiger partial charge is 0.493 e. The molecule has 0 spiro atoms. The number of hydrogen-bond acceptors (Lipinski definition) is 6. The molecule has 2 atom stereocenters. The first kappa shape index (κ1) is 17.8. The Labute approximate surface area is 160 Å². The predicted octanol–water partition coefficient (Wildman–Crippen LogP) is 3.15. The lowest BCUT2D eigenvalue weighted by atomic mass is 9.79. The fourth-order valence-corrected chi connectivity index (χ4v) is 4.61. The maximum atomic E-state index is 13.0. The summed E-state index contributed by atoms with van der Waals surface area (Å²) in [5.41, 5.74) is 7.14. The van der Waals surface area contributed by atoms with E-state index >= 15 is 0 Å². The molecule has 4 rings (SSSR count). The Balaban J connectivity index is 1.68. The number of pyridine rings is 1. The first-order valence-electron chi connectivity index (χ1n) is 8.64. The van der Waals surface area contributed by atoms with E-state index in [0.29, 0.717) is 23.4 Å². The van der Waals surface area contributed by atoms with Gasteiger partial charge in [0.25, 0.3) is 5.91 Å². The summed E-state index contributed by atoms with van der Waals surface area (Å²) in [6, 6.07) is 8.04. The summed E-state index contributed by atoms with van der Waals surface area (Å²) in [4.78, 5) is 20.9. The molecule has 1 aromatic heterocycles. The third-order valence-corrected chi connectivity index (χ3v) is 5.99. The number of carbonyl (C=O) groups excluding carboxylic acids is 1. The number of thioether (sulfide) groups is 1. The van der Waals surface area contributed by atoms with Gasteiger partial charge in [-0.05, 0) is 43.7 Å². The highest BCUT2D eigenvalue weighted by Crippen LogP contribution is 2.47. The Hall–Kier alpha value is -2.61. The average molecular weight is 386 g/mol. The Morgan fingerprint density at radius 2 is 2.26 bits per heavy atom. The van der Waals surface area contributed by atoms with Crippen molar-refractivity contribution in [2.24, 2.45) is 16.6 Å². The molecule has 140 valence electrons. The van der Waals surface area contributed by atoms with E-state index in [1.165, 1.54) is 12.1 Å². The number of ether oxygens (including phenoxy) is 1. The number of nitrogens with one attached hydrogen (secondary N) is 1. The molecule has 0 saturated carbocycles. The van der Waals surface area contributed by atoms with E-state index in [-0.39, 0.29) is 5.69 Å². The van der Waals surface area contributed by atoms with Crippen LogP contribution in [0.4, 0.5) is 10.1 Å². The van der Waals surface area contributed by atoms with E-state index in [0.717, 1.165) is 29.7 Å². The summed E-state index contributed by atoms with van der Waals surface area (Å²) in [6.07, 6.45) is 1.90. The van der Waals surface area contributed by atoms with Gasteiger partial charge in [0.05, 0.1) is 18.3 Å². The number of nitrogens with zero attached hydrogens (tertiary/aromatic N) is 2. The molecule has 6 nitrogen and oxygen atoms in total. The summed E-state index contributed by atoms with van der Waals surface area (Å²) >= 11 is 1.56. The van der Waals surface area contributed by atoms with Crippen LogP contribution in [0, 0.1) is 11.7 Å². The van der Waals surface area contributed by atoms with Crippen molar-refractivity contribution >= 4 is 28.5 Å². The van der Waals surface area contributed by atoms with Crippen molar-refractivity contribution in [2.75, 3.05) is 17.7 Å². The van der Waals surface area contributed by atoms with Crippen LogP contribution in [0.5, 0.6) is 5.75 Å². The highest BCUT2D eigenvalue weighted by atomic mass is 32.2. The van der Waals surface area contributed by atoms with Crippen LogP contribution in [0.1, 0.15) is 29.4 Å². The molecule has 0 unspecified atom stereocenters. The van der Waals surface area contributed by atoms with E-state index < -0.39 is 17.3 Å². The van der Waals surface area contributed by atoms with Crippen molar-refractivity contribution in [3.8, 4) is 5.75 Å². The minimum atomic E-state index is -0.504. The number of aromatic nitrogens is 1. The molecule has 27 heavy (non-hydrogen) atoms. The Morgan fingerprint density at radius 1 is 1.41 bits per heavy atom. The number of nitrogens with two attached hydrogens (primary N) is 1. The van der Waals surface area contributed by atoms with Crippen molar-refractivity contribution in [1.82, 2.24) is 4.98 Å². The quantitative estimate of drug-likeness (QED) is 0.828. The molecular formula is C19H19FN4O2S. The molecule has 3 heterocycles. The molecule has 0 aliphatic carbocycles. The summed E-state index contributed by atoms with van der Waals surface area (Å²) in [5, 5.41) is 3.37. The van der Waals surface area contributed by atoms with E-state index in [2.05, 4.69) is 17.2 Å². The van der Waals surface area contributed by atoms with Gasteiger partial charge >= 0.3 is 0 Å². The molecule has 1 amide bonds. The van der Waals surface area contributed by atoms with Crippen LogP contribution in [-0.2, 0) is 5.54 Å². The lowest BCUT2D eigenvalue weighted by Gasteiger charge is -2.36. The number of amides is 1. The van der Waals surface area contributed by atoms with E-state index in [1.54, 1.807) is 17.8 Å². The predicted molar refractivity (Wildman–Crippen MR) is 104 cm³/mol. The smallest absolute Gasteiger partial charge is 0.274 e. The van der Waals surface area contributed by atoms with Gasteiger partial charge in [-0.2, -0.15) is 0 Å². The van der Waals surface area contributed by atoms with Crippen molar-refractivity contribution in [1.29, 1.82) is 0 Å². The minimum absolute atomic E-state index is 0.142. The normalized spacial score (nSPS) is 23.9. The van der Waals surface area contributed by atoms with Crippen LogP contribution in [0.25, 0.3) is 0 Å². The Morgan fingerprint density at radius 3 is 3.04 bits per heavy atom. The fourth-order valence-electron chi connectivity index (χ4n) is 3.49. The van der Waals surface area contributed by atoms with Gasteiger partial charge in [-0.1, -0.05) is 11.8 Å². The Kier molecular flexibility index (Phi) is 4.51. The van der Waals surface area contributed by atoms with Crippen molar-refractivity contribution in [2.45, 2.75) is 18.9 Å². The van der Waals surface area contributed by atoms with Gasteiger partial charge in [0, 0.05) is 22.9 Å². The Bertz CT molecular complexity index is 918. The van der Waals surface area contributed by atoms with Gasteiger partial charge < -0.3 is 15.8 Å². The average Bonchev–Trinajstić information content (AvgIpc) is 2.78. The molecule has 2 aliphatic heterocycles. The van der Waals surface area contributed by atoms with Crippen molar-refractivity contribution in [3.63, 3.8) is 0 Å². The van der Waals surface area contributed by atoms with Crippen LogP contribution in [-0.4, -0.2) is 28.4 Å². The molecular weight excluding hydrogens is 367 g/mol. The first-order chi connectivity index (χ1) is 13.0. The standard InChI is InChI=1S/C19H19FN4O2S/c1-19-11(10-27-18(21)24-19)6-7-26-16-5-3-13(8-14(16)19)23-17(25)15-4-2-12(20)9-22-15/h2-5,8-9,11H,6-7,10H2,1H3,(H2,21,24)(H,23,25)/t11-,19+/m1/s1. The molecule has 0 saturated heterocycles. The number of anilines is 1. The molecule has 0 bridgehead atoms. The second kappa shape index (κ2) is 6.84.